The van der Waals surface area contributed by atoms with Crippen molar-refractivity contribution in [2.45, 2.75) is 51.8 Å². The molecule has 0 aliphatic carbocycles. The second-order valence-corrected chi connectivity index (χ2v) is 6.09. The number of para-hydroxylation sites is 1. The molecule has 9 heteroatoms. The maximum atomic E-state index is 13.8. The van der Waals surface area contributed by atoms with E-state index >= 15 is 0 Å². The lowest BCUT2D eigenvalue weighted by Gasteiger charge is -2.47. The Hall–Kier alpha value is -2.52. The predicted octanol–water partition coefficient (Wildman–Crippen LogP) is 1.34. The third-order valence-corrected chi connectivity index (χ3v) is 4.61. The van der Waals surface area contributed by atoms with E-state index in [1.807, 2.05) is 0 Å². The Bertz CT molecular complexity index is 1420. The smallest absolute Gasteiger partial charge is 0.358 e. The number of methoxy groups -OCH3 is 1. The van der Waals surface area contributed by atoms with Gasteiger partial charge in [-0.3, -0.25) is 9.69 Å². The summed E-state index contributed by atoms with van der Waals surface area (Å²) in [6.07, 6.45) is -4.57. The molecule has 0 spiro atoms. The number of anilines is 1. The molecule has 1 aliphatic heterocycles. The monoisotopic (exact) mass is 416 g/mol. The fourth-order valence-electron chi connectivity index (χ4n) is 3.05. The van der Waals surface area contributed by atoms with Crippen LogP contribution in [-0.2, 0) is 22.6 Å². The molecule has 1 aliphatic rings. The predicted molar refractivity (Wildman–Crippen MR) is 110 cm³/mol. The zero-order valence-corrected chi connectivity index (χ0v) is 15.9. The molecule has 0 atom stereocenters. The van der Waals surface area contributed by atoms with Gasteiger partial charge in [0.2, 0.25) is 5.91 Å². The molecule has 1 fully saturated rings. The van der Waals surface area contributed by atoms with E-state index < -0.39 is 105 Å². The van der Waals surface area contributed by atoms with Gasteiger partial charge in [-0.25, -0.2) is 4.79 Å². The van der Waals surface area contributed by atoms with Crippen molar-refractivity contribution in [3.05, 3.63) is 40.7 Å². The molecule has 2 aromatic rings. The minimum absolute atomic E-state index is 0.0445. The number of likely N-dealkylation sites (tertiary alicyclic amines) is 1. The summed E-state index contributed by atoms with van der Waals surface area (Å²) < 4.78 is 121. The first-order chi connectivity index (χ1) is 19.5. The fraction of sp³-hybridized carbons (Fsp3) is 0.600. The molecule has 1 aromatic heterocycles. The Labute approximate surface area is 190 Å². The van der Waals surface area contributed by atoms with E-state index in [0.717, 1.165) is 16.7 Å². The van der Waals surface area contributed by atoms with E-state index in [1.54, 1.807) is 6.92 Å². The van der Waals surface area contributed by atoms with Crippen molar-refractivity contribution in [2.24, 2.45) is 0 Å². The van der Waals surface area contributed by atoms with E-state index in [0.29, 0.717) is 4.90 Å². The highest BCUT2D eigenvalue weighted by Crippen LogP contribution is 2.34. The van der Waals surface area contributed by atoms with Gasteiger partial charge in [0.05, 0.1) is 16.1 Å². The summed E-state index contributed by atoms with van der Waals surface area (Å²) in [6.45, 7) is -8.87. The normalized spacial score (nSPS) is 25.6. The van der Waals surface area contributed by atoms with E-state index in [4.69, 9.17) is 23.9 Å². The highest BCUT2D eigenvalue weighted by molar-refractivity contribution is 5.94. The summed E-state index contributed by atoms with van der Waals surface area (Å²) in [4.78, 5) is 27.6. The number of hydrogen-bond donors (Lipinski definition) is 0. The van der Waals surface area contributed by atoms with Gasteiger partial charge in [-0.05, 0) is 29.4 Å². The Morgan fingerprint density at radius 2 is 1.97 bits per heavy atom. The minimum Gasteiger partial charge on any atom is -0.358 e. The molecule has 0 radical (unpaired) electrons. The van der Waals surface area contributed by atoms with Crippen LogP contribution in [0.3, 0.4) is 0 Å². The number of benzene rings is 1. The average molecular weight is 417 g/mol. The molecule has 0 unspecified atom stereocenters. The van der Waals surface area contributed by atoms with Crippen molar-refractivity contribution in [1.82, 2.24) is 24.7 Å². The van der Waals surface area contributed by atoms with Crippen LogP contribution in [0.2, 0.25) is 0 Å². The van der Waals surface area contributed by atoms with Crippen LogP contribution < -0.4 is 10.6 Å². The zero-order valence-electron chi connectivity index (χ0n) is 29.9. The van der Waals surface area contributed by atoms with Gasteiger partial charge in [-0.15, -0.1) is 0 Å². The number of nitrogens with zero attached hydrogens (tertiary/aromatic N) is 6. The molecule has 2 heterocycles. The first-order valence-electron chi connectivity index (χ1n) is 15.8. The maximum absolute atomic E-state index is 13.8. The Morgan fingerprint density at radius 1 is 1.28 bits per heavy atom. The van der Waals surface area contributed by atoms with Crippen LogP contribution in [-0.4, -0.2) is 63.0 Å². The lowest BCUT2D eigenvalue weighted by molar-refractivity contribution is -0.128. The van der Waals surface area contributed by atoms with Crippen molar-refractivity contribution in [2.75, 3.05) is 31.6 Å². The number of ether oxygens (including phenoxy) is 1. The van der Waals surface area contributed by atoms with E-state index in [-0.39, 0.29) is 11.2 Å². The summed E-state index contributed by atoms with van der Waals surface area (Å²) >= 11 is 0. The summed E-state index contributed by atoms with van der Waals surface area (Å²) in [5.74, 6) is -1.79. The van der Waals surface area contributed by atoms with Crippen LogP contribution in [0.1, 0.15) is 52.2 Å². The van der Waals surface area contributed by atoms with E-state index in [2.05, 4.69) is 10.4 Å². The number of tetrazole rings is 1. The molecule has 0 saturated carbocycles. The first-order valence-corrected chi connectivity index (χ1v) is 8.80. The summed E-state index contributed by atoms with van der Waals surface area (Å²) in [5.41, 5.74) is -3.93. The van der Waals surface area contributed by atoms with Crippen LogP contribution in [0.25, 0.3) is 0 Å². The van der Waals surface area contributed by atoms with Gasteiger partial charge in [0.1, 0.15) is 5.72 Å². The molecule has 1 saturated heterocycles. The third-order valence-electron chi connectivity index (χ3n) is 4.61. The van der Waals surface area contributed by atoms with Gasteiger partial charge in [-0.1, -0.05) is 25.0 Å². The van der Waals surface area contributed by atoms with Gasteiger partial charge in [0, 0.05) is 67.7 Å². The number of carbonyl (C=O) groups is 1. The van der Waals surface area contributed by atoms with Gasteiger partial charge in [0.25, 0.3) is 0 Å². The molecule has 3 rings (SSSR count). The molecule has 158 valence electrons. The van der Waals surface area contributed by atoms with Crippen LogP contribution in [0.15, 0.2) is 35.0 Å². The van der Waals surface area contributed by atoms with Gasteiger partial charge in [0.15, 0.2) is 0 Å². The number of rotatable bonds is 8. The highest BCUT2D eigenvalue weighted by atomic mass is 16.5. The molecule has 29 heavy (non-hydrogen) atoms. The standard InChI is InChI=1S/C20H30N6O3/c1-4-18(27)26(17-9-7-6-8-10-17)20(29-3)11-13-23(14-12-20)15-16-25-19(28)24(5-2)21-22-25/h6-10H,4-5,11-16H2,1-3H3/i1D3,4D2,6D,7D,8D,9D,10D,15D2,16D2. The lowest BCUT2D eigenvalue weighted by atomic mass is 9.96. The topological polar surface area (TPSA) is 85.5 Å². The number of hydrogen-bond acceptors (Lipinski definition) is 6. The quantitative estimate of drug-likeness (QED) is 0.604. The van der Waals surface area contributed by atoms with Crippen LogP contribution in [0, 0.1) is 0 Å². The second kappa shape index (κ2) is 9.32. The Morgan fingerprint density at radius 3 is 2.55 bits per heavy atom. The molecule has 9 nitrogen and oxygen atoms in total. The van der Waals surface area contributed by atoms with E-state index in [1.165, 1.54) is 0 Å². The molecule has 0 N–H and O–H groups in total. The Balaban J connectivity index is 2.14. The second-order valence-electron chi connectivity index (χ2n) is 6.09. The van der Waals surface area contributed by atoms with Crippen molar-refractivity contribution in [3.63, 3.8) is 0 Å². The van der Waals surface area contributed by atoms with Crippen molar-refractivity contribution < 1.29 is 28.7 Å². The number of aromatic nitrogens is 4. The molecule has 1 aromatic carbocycles. The lowest BCUT2D eigenvalue weighted by Crippen LogP contribution is -2.59. The van der Waals surface area contributed by atoms with Crippen LogP contribution >= 0.6 is 0 Å². The molecule has 0 bridgehead atoms. The highest BCUT2D eigenvalue weighted by Gasteiger charge is 2.43. The van der Waals surface area contributed by atoms with E-state index in [9.17, 15) is 9.59 Å². The summed E-state index contributed by atoms with van der Waals surface area (Å²) in [5, 5.41) is 6.98. The van der Waals surface area contributed by atoms with Gasteiger partial charge < -0.3 is 9.64 Å². The number of aryl methyl sites for hydroxylation is 2. The maximum Gasteiger partial charge on any atom is 0.363 e. The zero-order chi connectivity index (χ0) is 33.1. The summed E-state index contributed by atoms with van der Waals surface area (Å²) in [6, 6.07) is -4.48. The molecule has 1 amide bonds. The number of carbonyl (C=O) groups excluding carboxylic acids is 1. The summed E-state index contributed by atoms with van der Waals surface area (Å²) in [7, 11) is 1.06. The fourth-order valence-corrected chi connectivity index (χ4v) is 3.05. The molecular weight excluding hydrogens is 372 g/mol. The minimum atomic E-state index is -3.63. The van der Waals surface area contributed by atoms with Crippen molar-refractivity contribution >= 4 is 11.6 Å². The van der Waals surface area contributed by atoms with Gasteiger partial charge in [-0.2, -0.15) is 9.36 Å². The molecular formula is C20H30N6O3. The van der Waals surface area contributed by atoms with Crippen LogP contribution in [0.4, 0.5) is 5.69 Å². The van der Waals surface area contributed by atoms with Gasteiger partial charge >= 0.3 is 5.69 Å². The van der Waals surface area contributed by atoms with Crippen molar-refractivity contribution in [3.8, 4) is 0 Å². The number of piperidine rings is 1. The van der Waals surface area contributed by atoms with Crippen LogP contribution in [0.5, 0.6) is 0 Å². The largest absolute Gasteiger partial charge is 0.363 e. The Kier molecular flexibility index (Phi) is 3.06. The number of amides is 1. The van der Waals surface area contributed by atoms with Crippen molar-refractivity contribution in [1.29, 1.82) is 0 Å². The first kappa shape index (κ1) is 9.53. The SMILES string of the molecule is [2H]c1c([2H])c([2H])c(N(C(=O)C([2H])([2H])C([2H])([2H])[2H])C2(OC)CCN(C([2H])([2H])C([2H])([2H])n3nnn(CC)c3=O)CC2)c([2H])c1[2H]. The third kappa shape index (κ3) is 4.40. The average Bonchev–Trinajstić information content (AvgIpc) is 3.32.